The number of aliphatic hydroxyl groups is 7. The number of ether oxygens (including phenoxy) is 3. The molecule has 0 spiro atoms. The Morgan fingerprint density at radius 1 is 1.05 bits per heavy atom. The van der Waals surface area contributed by atoms with Crippen LogP contribution in [0.2, 0.25) is 0 Å². The minimum absolute atomic E-state index is 0.137. The smallest absolute Gasteiger partial charge is 0.331 e. The fraction of sp³-hybridized carbons (Fsp3) is 0.808. The van der Waals surface area contributed by atoms with Gasteiger partial charge in [0.1, 0.15) is 31.0 Å². The molecule has 7 N–H and O–H groups in total. The van der Waals surface area contributed by atoms with Crippen LogP contribution in [0.3, 0.4) is 0 Å². The molecule has 0 radical (unpaired) electrons. The van der Waals surface area contributed by atoms with Crippen molar-refractivity contribution in [2.24, 2.45) is 16.7 Å². The molecule has 4 aliphatic rings. The van der Waals surface area contributed by atoms with E-state index in [9.17, 15) is 40.5 Å². The van der Waals surface area contributed by atoms with Crippen LogP contribution < -0.4 is 0 Å². The van der Waals surface area contributed by atoms with Crippen molar-refractivity contribution in [2.45, 2.75) is 88.9 Å². The molecule has 1 saturated carbocycles. The number of fused-ring (bicyclic) bond motifs is 1. The predicted molar refractivity (Wildman–Crippen MR) is 128 cm³/mol. The molecule has 2 heterocycles. The van der Waals surface area contributed by atoms with Gasteiger partial charge in [0.25, 0.3) is 0 Å². The van der Waals surface area contributed by atoms with Crippen LogP contribution in [0.25, 0.3) is 0 Å². The van der Waals surface area contributed by atoms with Crippen molar-refractivity contribution in [1.82, 2.24) is 0 Å². The number of esters is 1. The fourth-order valence-corrected chi connectivity index (χ4v) is 7.30. The number of hydrogen-bond acceptors (Lipinski definition) is 11. The molecule has 210 valence electrons. The molecule has 11 heteroatoms. The lowest BCUT2D eigenvalue weighted by molar-refractivity contribution is -0.313. The zero-order valence-electron chi connectivity index (χ0n) is 21.3. The van der Waals surface area contributed by atoms with Crippen molar-refractivity contribution in [1.29, 1.82) is 0 Å². The molecule has 37 heavy (non-hydrogen) atoms. The average Bonchev–Trinajstić information content (AvgIpc) is 3.25. The van der Waals surface area contributed by atoms with Gasteiger partial charge in [-0.1, -0.05) is 18.1 Å². The van der Waals surface area contributed by atoms with E-state index in [1.165, 1.54) is 6.08 Å². The van der Waals surface area contributed by atoms with Gasteiger partial charge in [0, 0.05) is 17.4 Å². The summed E-state index contributed by atoms with van der Waals surface area (Å²) < 4.78 is 16.4. The van der Waals surface area contributed by atoms with Crippen molar-refractivity contribution >= 4 is 5.97 Å². The molecule has 0 amide bonds. The molecular weight excluding hydrogens is 488 g/mol. The second kappa shape index (κ2) is 11.0. The van der Waals surface area contributed by atoms with Gasteiger partial charge >= 0.3 is 5.97 Å². The van der Waals surface area contributed by atoms with Crippen LogP contribution in [-0.4, -0.2) is 111 Å². The van der Waals surface area contributed by atoms with Crippen molar-refractivity contribution < 1.29 is 54.8 Å². The summed E-state index contributed by atoms with van der Waals surface area (Å²) >= 11 is 0. The van der Waals surface area contributed by atoms with Gasteiger partial charge in [-0.15, -0.1) is 0 Å². The van der Waals surface area contributed by atoms with E-state index in [1.807, 2.05) is 13.8 Å². The van der Waals surface area contributed by atoms with E-state index >= 15 is 0 Å². The monoisotopic (exact) mass is 528 g/mol. The summed E-state index contributed by atoms with van der Waals surface area (Å²) in [5.74, 6) is -0.867. The molecule has 0 bridgehead atoms. The quantitative estimate of drug-likeness (QED) is 0.150. The van der Waals surface area contributed by atoms with E-state index in [4.69, 9.17) is 14.2 Å². The molecule has 10 atom stereocenters. The lowest BCUT2D eigenvalue weighted by Crippen LogP contribution is -2.62. The number of carbonyl (C=O) groups is 1. The lowest BCUT2D eigenvalue weighted by atomic mass is 9.47. The van der Waals surface area contributed by atoms with Gasteiger partial charge in [-0.05, 0) is 50.0 Å². The lowest BCUT2D eigenvalue weighted by Gasteiger charge is -2.59. The molecule has 0 aromatic carbocycles. The molecule has 0 aromatic rings. The third-order valence-electron chi connectivity index (χ3n) is 8.87. The largest absolute Gasteiger partial charge is 0.458 e. The zero-order valence-corrected chi connectivity index (χ0v) is 21.3. The van der Waals surface area contributed by atoms with Crippen molar-refractivity contribution in [3.8, 4) is 0 Å². The molecule has 1 saturated heterocycles. The van der Waals surface area contributed by atoms with Gasteiger partial charge in [-0.3, -0.25) is 0 Å². The van der Waals surface area contributed by atoms with E-state index < -0.39 is 72.9 Å². The van der Waals surface area contributed by atoms with Crippen LogP contribution in [0.5, 0.6) is 0 Å². The molecule has 4 rings (SSSR count). The highest BCUT2D eigenvalue weighted by Crippen LogP contribution is 2.60. The fourth-order valence-electron chi connectivity index (χ4n) is 7.30. The third-order valence-corrected chi connectivity index (χ3v) is 8.87. The number of carbonyl (C=O) groups excluding carboxylic acids is 1. The van der Waals surface area contributed by atoms with E-state index in [0.717, 1.165) is 16.7 Å². The Kier molecular flexibility index (Phi) is 8.49. The summed E-state index contributed by atoms with van der Waals surface area (Å²) in [6, 6.07) is 0. The van der Waals surface area contributed by atoms with Crippen LogP contribution in [0.1, 0.15) is 46.0 Å². The number of hydrogen-bond donors (Lipinski definition) is 7. The molecule has 2 aliphatic carbocycles. The summed E-state index contributed by atoms with van der Waals surface area (Å²) in [5.41, 5.74) is 1.15. The maximum absolute atomic E-state index is 11.5. The second-order valence-electron chi connectivity index (χ2n) is 11.4. The Balaban J connectivity index is 1.59. The first kappa shape index (κ1) is 28.6. The van der Waals surface area contributed by atoms with Crippen LogP contribution >= 0.6 is 0 Å². The summed E-state index contributed by atoms with van der Waals surface area (Å²) in [6.45, 7) is 2.96. The van der Waals surface area contributed by atoms with E-state index in [2.05, 4.69) is 0 Å². The standard InChI is InChI=1S/C26H40O11/c1-13-5-17(30)23-25(2,16(13)4-3-14-6-19(31)35-10-14)7-15(29)8-26(23,11-28)12-36-24-22(34)21(33)20(32)18(9-27)37-24/h6,15,17-18,20-24,27-30,32-34H,3-5,7-12H2,1-2H3. The highest BCUT2D eigenvalue weighted by molar-refractivity contribution is 5.85. The Labute approximate surface area is 216 Å². The number of cyclic esters (lactones) is 1. The summed E-state index contributed by atoms with van der Waals surface area (Å²) in [6.07, 6.45) is -5.34. The summed E-state index contributed by atoms with van der Waals surface area (Å²) in [7, 11) is 0. The summed E-state index contributed by atoms with van der Waals surface area (Å²) in [4.78, 5) is 11.5. The number of allylic oxidation sites excluding steroid dienone is 1. The van der Waals surface area contributed by atoms with Crippen LogP contribution in [0.15, 0.2) is 22.8 Å². The van der Waals surface area contributed by atoms with Crippen molar-refractivity contribution in [3.05, 3.63) is 22.8 Å². The Morgan fingerprint density at radius 3 is 2.41 bits per heavy atom. The molecule has 11 nitrogen and oxygen atoms in total. The minimum Gasteiger partial charge on any atom is -0.458 e. The molecule has 0 aromatic heterocycles. The van der Waals surface area contributed by atoms with Crippen LogP contribution in [-0.2, 0) is 19.0 Å². The normalized spacial score (nSPS) is 44.5. The Morgan fingerprint density at radius 2 is 1.78 bits per heavy atom. The number of aliphatic hydroxyl groups excluding tert-OH is 7. The molecule has 2 fully saturated rings. The summed E-state index contributed by atoms with van der Waals surface area (Å²) in [5, 5.41) is 73.1. The highest BCUT2D eigenvalue weighted by Gasteiger charge is 2.60. The highest BCUT2D eigenvalue weighted by atomic mass is 16.7. The van der Waals surface area contributed by atoms with E-state index in [-0.39, 0.29) is 25.6 Å². The first-order valence-corrected chi connectivity index (χ1v) is 12.9. The molecule has 10 unspecified atom stereocenters. The maximum Gasteiger partial charge on any atom is 0.331 e. The van der Waals surface area contributed by atoms with Crippen molar-refractivity contribution in [3.63, 3.8) is 0 Å². The minimum atomic E-state index is -1.61. The van der Waals surface area contributed by atoms with Gasteiger partial charge in [-0.25, -0.2) is 4.79 Å². The molecule has 2 aliphatic heterocycles. The second-order valence-corrected chi connectivity index (χ2v) is 11.4. The average molecular weight is 529 g/mol. The van der Waals surface area contributed by atoms with Gasteiger partial charge in [0.05, 0.1) is 32.0 Å². The number of rotatable bonds is 8. The maximum atomic E-state index is 11.5. The topological polar surface area (TPSA) is 186 Å². The van der Waals surface area contributed by atoms with Crippen molar-refractivity contribution in [2.75, 3.05) is 26.4 Å². The van der Waals surface area contributed by atoms with Gasteiger partial charge in [-0.2, -0.15) is 0 Å². The SMILES string of the molecule is CC1=C(CCC2=CC(=O)OC2)C2(C)CC(O)CC(CO)(COC3OC(CO)C(O)C(O)C3O)C2C(O)C1. The van der Waals surface area contributed by atoms with Gasteiger partial charge < -0.3 is 50.0 Å². The first-order chi connectivity index (χ1) is 17.5. The van der Waals surface area contributed by atoms with Crippen LogP contribution in [0, 0.1) is 16.7 Å². The zero-order chi connectivity index (χ0) is 27.1. The van der Waals surface area contributed by atoms with Gasteiger partial charge in [0.2, 0.25) is 0 Å². The molecular formula is C26H40O11. The van der Waals surface area contributed by atoms with E-state index in [1.54, 1.807) is 0 Å². The first-order valence-electron chi connectivity index (χ1n) is 12.9. The Hall–Kier alpha value is -1.41. The Bertz CT molecular complexity index is 916. The third kappa shape index (κ3) is 5.26. The van der Waals surface area contributed by atoms with Gasteiger partial charge in [0.15, 0.2) is 6.29 Å². The predicted octanol–water partition coefficient (Wildman–Crippen LogP) is -1.10. The van der Waals surface area contributed by atoms with E-state index in [0.29, 0.717) is 25.7 Å². The van der Waals surface area contributed by atoms with Crippen LogP contribution in [0.4, 0.5) is 0 Å².